The molecule has 0 saturated carbocycles. The van der Waals surface area contributed by atoms with Crippen LogP contribution in [0, 0.1) is 18.3 Å². The molecule has 2 rings (SSSR count). The van der Waals surface area contributed by atoms with Gasteiger partial charge < -0.3 is 10.2 Å². The van der Waals surface area contributed by atoms with E-state index in [2.05, 4.69) is 38.1 Å². The minimum Gasteiger partial charge on any atom is -0.447 e. The summed E-state index contributed by atoms with van der Waals surface area (Å²) >= 11 is 0. The molecule has 2 N–H and O–H groups in total. The zero-order chi connectivity index (χ0) is 13.3. The van der Waals surface area contributed by atoms with Gasteiger partial charge in [0.2, 0.25) is 5.88 Å². The van der Waals surface area contributed by atoms with Crippen molar-refractivity contribution in [1.29, 1.82) is 5.26 Å². The second-order valence-electron chi connectivity index (χ2n) is 4.73. The Balaban J connectivity index is 2.63. The molecular weight excluding hydrogens is 224 g/mol. The first-order valence-electron chi connectivity index (χ1n) is 5.92. The van der Waals surface area contributed by atoms with E-state index in [0.29, 0.717) is 11.5 Å². The number of furan rings is 1. The minimum absolute atomic E-state index is 0.182. The first-order chi connectivity index (χ1) is 8.54. The third-order valence-corrected chi connectivity index (χ3v) is 3.15. The topological polar surface area (TPSA) is 62.9 Å². The molecule has 0 saturated heterocycles. The molecule has 0 spiro atoms. The van der Waals surface area contributed by atoms with Crippen LogP contribution in [0.4, 0.5) is 5.88 Å². The van der Waals surface area contributed by atoms with Crippen LogP contribution in [0.5, 0.6) is 0 Å². The molecule has 0 aliphatic carbocycles. The standard InChI is InChI=1S/C15H16N2O/c1-9(2)11-5-4-10(3)12(6-11)14-8-18-15(17)13(14)7-16/h4-6,8-9H,17H2,1-3H3. The summed E-state index contributed by atoms with van der Waals surface area (Å²) in [6.07, 6.45) is 1.56. The number of anilines is 1. The van der Waals surface area contributed by atoms with Crippen LogP contribution in [0.1, 0.15) is 36.5 Å². The lowest BCUT2D eigenvalue weighted by Gasteiger charge is -2.10. The van der Waals surface area contributed by atoms with Crippen molar-refractivity contribution in [2.24, 2.45) is 0 Å². The average molecular weight is 240 g/mol. The fraction of sp³-hybridized carbons (Fsp3) is 0.267. The van der Waals surface area contributed by atoms with Gasteiger partial charge in [-0.3, -0.25) is 0 Å². The molecule has 92 valence electrons. The molecule has 0 atom stereocenters. The molecule has 0 aliphatic rings. The van der Waals surface area contributed by atoms with Gasteiger partial charge in [-0.2, -0.15) is 5.26 Å². The van der Waals surface area contributed by atoms with Gasteiger partial charge in [-0.15, -0.1) is 0 Å². The highest BCUT2D eigenvalue weighted by molar-refractivity contribution is 5.77. The molecule has 1 aromatic heterocycles. The van der Waals surface area contributed by atoms with Crippen molar-refractivity contribution in [3.63, 3.8) is 0 Å². The van der Waals surface area contributed by atoms with Crippen molar-refractivity contribution in [3.05, 3.63) is 41.2 Å². The summed E-state index contributed by atoms with van der Waals surface area (Å²) < 4.78 is 5.15. The van der Waals surface area contributed by atoms with Gasteiger partial charge in [-0.1, -0.05) is 32.0 Å². The second-order valence-corrected chi connectivity index (χ2v) is 4.73. The largest absolute Gasteiger partial charge is 0.447 e. The van der Waals surface area contributed by atoms with Crippen LogP contribution < -0.4 is 5.73 Å². The van der Waals surface area contributed by atoms with Gasteiger partial charge in [0.15, 0.2) is 0 Å². The zero-order valence-electron chi connectivity index (χ0n) is 10.8. The summed E-state index contributed by atoms with van der Waals surface area (Å²) in [5, 5.41) is 9.13. The molecule has 3 nitrogen and oxygen atoms in total. The number of nitrogen functional groups attached to an aromatic ring is 1. The van der Waals surface area contributed by atoms with Crippen molar-refractivity contribution in [3.8, 4) is 17.2 Å². The quantitative estimate of drug-likeness (QED) is 0.867. The maximum atomic E-state index is 9.13. The Hall–Kier alpha value is -2.21. The fourth-order valence-corrected chi connectivity index (χ4v) is 1.98. The molecule has 3 heteroatoms. The van der Waals surface area contributed by atoms with Crippen molar-refractivity contribution in [2.75, 3.05) is 5.73 Å². The maximum Gasteiger partial charge on any atom is 0.208 e. The van der Waals surface area contributed by atoms with Crippen molar-refractivity contribution >= 4 is 5.88 Å². The van der Waals surface area contributed by atoms with Gasteiger partial charge in [-0.05, 0) is 29.5 Å². The van der Waals surface area contributed by atoms with Crippen LogP contribution in [-0.4, -0.2) is 0 Å². The lowest BCUT2D eigenvalue weighted by atomic mass is 9.93. The summed E-state index contributed by atoms with van der Waals surface area (Å²) in [6.45, 7) is 6.30. The molecule has 0 unspecified atom stereocenters. The van der Waals surface area contributed by atoms with Gasteiger partial charge in [0, 0.05) is 5.56 Å². The molecule has 18 heavy (non-hydrogen) atoms. The molecule has 1 aromatic carbocycles. The van der Waals surface area contributed by atoms with E-state index >= 15 is 0 Å². The number of benzene rings is 1. The number of rotatable bonds is 2. The summed E-state index contributed by atoms with van der Waals surface area (Å²) in [4.78, 5) is 0. The maximum absolute atomic E-state index is 9.13. The first kappa shape index (κ1) is 12.3. The van der Waals surface area contributed by atoms with Gasteiger partial charge in [-0.25, -0.2) is 0 Å². The van der Waals surface area contributed by atoms with Crippen LogP contribution in [0.3, 0.4) is 0 Å². The highest BCUT2D eigenvalue weighted by Gasteiger charge is 2.15. The fourth-order valence-electron chi connectivity index (χ4n) is 1.98. The monoisotopic (exact) mass is 240 g/mol. The Kier molecular flexibility index (Phi) is 3.12. The normalized spacial score (nSPS) is 10.6. The molecule has 0 bridgehead atoms. The summed E-state index contributed by atoms with van der Waals surface area (Å²) in [6, 6.07) is 8.38. The molecule has 0 radical (unpaired) electrons. The molecule has 0 amide bonds. The van der Waals surface area contributed by atoms with E-state index in [1.165, 1.54) is 5.56 Å². The van der Waals surface area contributed by atoms with E-state index in [1.807, 2.05) is 6.92 Å². The van der Waals surface area contributed by atoms with Crippen LogP contribution in [0.25, 0.3) is 11.1 Å². The number of nitriles is 1. The van der Waals surface area contributed by atoms with Crippen molar-refractivity contribution in [1.82, 2.24) is 0 Å². The van der Waals surface area contributed by atoms with Crippen LogP contribution in [-0.2, 0) is 0 Å². The number of nitrogens with two attached hydrogens (primary N) is 1. The predicted octanol–water partition coefficient (Wildman–Crippen LogP) is 3.83. The van der Waals surface area contributed by atoms with E-state index in [9.17, 15) is 0 Å². The van der Waals surface area contributed by atoms with Crippen molar-refractivity contribution in [2.45, 2.75) is 26.7 Å². The Morgan fingerprint density at radius 1 is 1.28 bits per heavy atom. The summed E-state index contributed by atoms with van der Waals surface area (Å²) in [7, 11) is 0. The van der Waals surface area contributed by atoms with Crippen LogP contribution in [0.2, 0.25) is 0 Å². The van der Waals surface area contributed by atoms with Crippen LogP contribution >= 0.6 is 0 Å². The summed E-state index contributed by atoms with van der Waals surface area (Å²) in [5.41, 5.74) is 10.2. The highest BCUT2D eigenvalue weighted by Crippen LogP contribution is 2.33. The molecule has 2 aromatic rings. The van der Waals surface area contributed by atoms with Gasteiger partial charge >= 0.3 is 0 Å². The highest BCUT2D eigenvalue weighted by atomic mass is 16.3. The van der Waals surface area contributed by atoms with E-state index in [0.717, 1.165) is 16.7 Å². The Morgan fingerprint density at radius 2 is 2.00 bits per heavy atom. The van der Waals surface area contributed by atoms with Gasteiger partial charge in [0.1, 0.15) is 17.9 Å². The number of hydrogen-bond acceptors (Lipinski definition) is 3. The minimum atomic E-state index is 0.182. The Morgan fingerprint density at radius 3 is 2.61 bits per heavy atom. The number of aryl methyl sites for hydroxylation is 1. The first-order valence-corrected chi connectivity index (χ1v) is 5.92. The van der Waals surface area contributed by atoms with Crippen molar-refractivity contribution < 1.29 is 4.42 Å². The lowest BCUT2D eigenvalue weighted by molar-refractivity contribution is 0.588. The smallest absolute Gasteiger partial charge is 0.208 e. The Labute approximate surface area is 107 Å². The van der Waals surface area contributed by atoms with Gasteiger partial charge in [0.25, 0.3) is 0 Å². The van der Waals surface area contributed by atoms with Crippen LogP contribution in [0.15, 0.2) is 28.9 Å². The number of nitrogens with zero attached hydrogens (tertiary/aromatic N) is 1. The SMILES string of the molecule is Cc1ccc(C(C)C)cc1-c1coc(N)c1C#N. The van der Waals surface area contributed by atoms with E-state index in [4.69, 9.17) is 15.4 Å². The zero-order valence-corrected chi connectivity index (χ0v) is 10.8. The van der Waals surface area contributed by atoms with E-state index in [-0.39, 0.29) is 5.88 Å². The third kappa shape index (κ3) is 1.98. The summed E-state index contributed by atoms with van der Waals surface area (Å²) in [5.74, 6) is 0.626. The number of hydrogen-bond donors (Lipinski definition) is 1. The second kappa shape index (κ2) is 4.58. The van der Waals surface area contributed by atoms with E-state index < -0.39 is 0 Å². The average Bonchev–Trinajstić information content (AvgIpc) is 2.70. The molecular formula is C15H16N2O. The third-order valence-electron chi connectivity index (χ3n) is 3.15. The predicted molar refractivity (Wildman–Crippen MR) is 72.1 cm³/mol. The molecule has 0 fully saturated rings. The Bertz CT molecular complexity index is 618. The van der Waals surface area contributed by atoms with Gasteiger partial charge in [0.05, 0.1) is 0 Å². The lowest BCUT2D eigenvalue weighted by Crippen LogP contribution is -1.92. The molecule has 1 heterocycles. The molecule has 0 aliphatic heterocycles. The van der Waals surface area contributed by atoms with E-state index in [1.54, 1.807) is 6.26 Å².